The molecule has 1 atom stereocenters. The zero-order chi connectivity index (χ0) is 12.0. The van der Waals surface area contributed by atoms with Crippen LogP contribution in [0.5, 0.6) is 0 Å². The topological polar surface area (TPSA) is 0 Å². The van der Waals surface area contributed by atoms with E-state index in [-0.39, 0.29) is 0 Å². The van der Waals surface area contributed by atoms with Crippen molar-refractivity contribution in [1.29, 1.82) is 0 Å². The van der Waals surface area contributed by atoms with Gasteiger partial charge >= 0.3 is 5.67 Å². The molecule has 0 radical (unpaired) electrons. The van der Waals surface area contributed by atoms with Gasteiger partial charge in [0, 0.05) is 0 Å². The largest absolute Gasteiger partial charge is 0.370 e. The molecule has 5 heteroatoms. The lowest BCUT2D eigenvalue weighted by Crippen LogP contribution is -2.19. The predicted molar refractivity (Wildman–Crippen MR) is 80.7 cm³/mol. The van der Waals surface area contributed by atoms with Crippen LogP contribution in [0, 0.1) is 0 Å². The molecule has 16 heavy (non-hydrogen) atoms. The Morgan fingerprint density at radius 2 is 1.69 bits per heavy atom. The molecular formula is C11H16Cl3PSi. The summed E-state index contributed by atoms with van der Waals surface area (Å²) in [7, 11) is -0.573. The van der Waals surface area contributed by atoms with Gasteiger partial charge in [0.1, 0.15) is 0 Å². The lowest BCUT2D eigenvalue weighted by atomic mass is 10.3. The highest BCUT2D eigenvalue weighted by molar-refractivity contribution is 8.21. The van der Waals surface area contributed by atoms with Gasteiger partial charge in [-0.05, 0) is 25.4 Å². The van der Waals surface area contributed by atoms with Gasteiger partial charge in [-0.1, -0.05) is 50.1 Å². The van der Waals surface area contributed by atoms with Gasteiger partial charge in [-0.2, -0.15) is 0 Å². The standard InChI is InChI=1S/C11H16Cl3PSi/c1-2-3-7-10-15(16(12,13)14)11-8-5-4-6-9-11/h4-6,8-9H,2-3,7,10H2,1H3. The zero-order valence-corrected chi connectivity index (χ0v) is 13.5. The highest BCUT2D eigenvalue weighted by atomic mass is 35.9. The number of rotatable bonds is 6. The van der Waals surface area contributed by atoms with E-state index in [2.05, 4.69) is 19.1 Å². The number of hydrogen-bond acceptors (Lipinski definition) is 0. The summed E-state index contributed by atoms with van der Waals surface area (Å²) in [6.07, 6.45) is 4.65. The molecule has 0 aliphatic rings. The summed E-state index contributed by atoms with van der Waals surface area (Å²) < 4.78 is 0. The van der Waals surface area contributed by atoms with Crippen molar-refractivity contribution in [2.24, 2.45) is 0 Å². The van der Waals surface area contributed by atoms with Gasteiger partial charge < -0.3 is 0 Å². The van der Waals surface area contributed by atoms with Gasteiger partial charge in [0.25, 0.3) is 0 Å². The highest BCUT2D eigenvalue weighted by Gasteiger charge is 2.36. The van der Waals surface area contributed by atoms with Crippen LogP contribution in [0.4, 0.5) is 0 Å². The maximum absolute atomic E-state index is 6.21. The van der Waals surface area contributed by atoms with Gasteiger partial charge in [-0.15, -0.1) is 33.2 Å². The molecule has 0 saturated carbocycles. The monoisotopic (exact) mass is 312 g/mol. The minimum atomic E-state index is -2.60. The Hall–Kier alpha value is 0.737. The maximum Gasteiger partial charge on any atom is 0.370 e. The summed E-state index contributed by atoms with van der Waals surface area (Å²) in [5, 5.41) is 1.24. The van der Waals surface area contributed by atoms with E-state index in [0.717, 1.165) is 12.6 Å². The molecule has 1 unspecified atom stereocenters. The highest BCUT2D eigenvalue weighted by Crippen LogP contribution is 2.53. The van der Waals surface area contributed by atoms with Crippen LogP contribution >= 0.6 is 40.7 Å². The number of hydrogen-bond donors (Lipinski definition) is 0. The molecule has 1 aromatic carbocycles. The lowest BCUT2D eigenvalue weighted by molar-refractivity contribution is 0.777. The van der Waals surface area contributed by atoms with Crippen molar-refractivity contribution in [2.75, 3.05) is 6.16 Å². The minimum absolute atomic E-state index is 0.573. The van der Waals surface area contributed by atoms with E-state index in [0.29, 0.717) is 0 Å². The SMILES string of the molecule is CCCCCP(c1ccccc1)[Si](Cl)(Cl)Cl. The van der Waals surface area contributed by atoms with Gasteiger partial charge in [0.2, 0.25) is 0 Å². The second kappa shape index (κ2) is 7.23. The van der Waals surface area contributed by atoms with Gasteiger partial charge in [-0.3, -0.25) is 0 Å². The Labute approximate surface area is 114 Å². The Bertz CT molecular complexity index is 300. The van der Waals surface area contributed by atoms with Crippen LogP contribution in [0.2, 0.25) is 0 Å². The normalized spacial score (nSPS) is 13.8. The molecule has 0 saturated heterocycles. The average molecular weight is 314 g/mol. The zero-order valence-electron chi connectivity index (χ0n) is 9.30. The summed E-state index contributed by atoms with van der Waals surface area (Å²) in [5.74, 6) is 0. The molecular weight excluding hydrogens is 298 g/mol. The van der Waals surface area contributed by atoms with Crippen molar-refractivity contribution in [3.63, 3.8) is 0 Å². The molecule has 0 bridgehead atoms. The van der Waals surface area contributed by atoms with Crippen molar-refractivity contribution in [3.05, 3.63) is 30.3 Å². The second-order valence-electron chi connectivity index (χ2n) is 3.66. The number of benzene rings is 1. The van der Waals surface area contributed by atoms with Crippen LogP contribution in [0.25, 0.3) is 0 Å². The molecule has 0 spiro atoms. The predicted octanol–water partition coefficient (Wildman–Crippen LogP) is 5.14. The third kappa shape index (κ3) is 4.94. The van der Waals surface area contributed by atoms with Crippen LogP contribution in [0.3, 0.4) is 0 Å². The number of unbranched alkanes of at least 4 members (excludes halogenated alkanes) is 2. The quantitative estimate of drug-likeness (QED) is 0.295. The molecule has 1 aromatic rings. The Kier molecular flexibility index (Phi) is 6.69. The van der Waals surface area contributed by atoms with Gasteiger partial charge in [0.05, 0.1) is 0 Å². The summed E-state index contributed by atoms with van der Waals surface area (Å²) in [6.45, 7) is 2.19. The summed E-state index contributed by atoms with van der Waals surface area (Å²) in [5.41, 5.74) is -2.60. The molecule has 0 amide bonds. The van der Waals surface area contributed by atoms with Crippen LogP contribution in [-0.4, -0.2) is 11.8 Å². The molecule has 0 fully saturated rings. The Morgan fingerprint density at radius 1 is 1.06 bits per heavy atom. The molecule has 0 heterocycles. The van der Waals surface area contributed by atoms with E-state index in [1.807, 2.05) is 18.2 Å². The molecule has 0 aromatic heterocycles. The molecule has 0 aliphatic heterocycles. The fourth-order valence-electron chi connectivity index (χ4n) is 1.53. The first-order valence-corrected chi connectivity index (χ1v) is 12.9. The first kappa shape index (κ1) is 14.8. The van der Waals surface area contributed by atoms with Crippen molar-refractivity contribution in [2.45, 2.75) is 26.2 Å². The summed E-state index contributed by atoms with van der Waals surface area (Å²) >= 11 is 18.6. The molecule has 90 valence electrons. The van der Waals surface area contributed by atoms with Gasteiger partial charge in [0.15, 0.2) is 0 Å². The number of halogens is 3. The van der Waals surface area contributed by atoms with E-state index < -0.39 is 13.1 Å². The van der Waals surface area contributed by atoms with E-state index in [1.165, 1.54) is 18.1 Å². The fourth-order valence-corrected chi connectivity index (χ4v) is 10.9. The lowest BCUT2D eigenvalue weighted by Gasteiger charge is -2.23. The van der Waals surface area contributed by atoms with Crippen LogP contribution in [0.1, 0.15) is 26.2 Å². The first-order valence-electron chi connectivity index (χ1n) is 5.45. The van der Waals surface area contributed by atoms with Crippen molar-refractivity contribution < 1.29 is 0 Å². The second-order valence-corrected chi connectivity index (χ2v) is 19.3. The van der Waals surface area contributed by atoms with E-state index >= 15 is 0 Å². The van der Waals surface area contributed by atoms with Crippen LogP contribution in [0.15, 0.2) is 30.3 Å². The molecule has 0 nitrogen and oxygen atoms in total. The summed E-state index contributed by atoms with van der Waals surface area (Å²) in [6, 6.07) is 10.2. The van der Waals surface area contributed by atoms with E-state index in [4.69, 9.17) is 33.2 Å². The van der Waals surface area contributed by atoms with Crippen LogP contribution < -0.4 is 5.30 Å². The molecule has 1 rings (SSSR count). The Balaban J connectivity index is 2.73. The minimum Gasteiger partial charge on any atom is -0.121 e. The third-order valence-electron chi connectivity index (χ3n) is 2.36. The van der Waals surface area contributed by atoms with Crippen molar-refractivity contribution in [3.8, 4) is 0 Å². The van der Waals surface area contributed by atoms with E-state index in [1.54, 1.807) is 0 Å². The van der Waals surface area contributed by atoms with Gasteiger partial charge in [-0.25, -0.2) is 0 Å². The third-order valence-corrected chi connectivity index (χ3v) is 13.4. The van der Waals surface area contributed by atoms with Crippen molar-refractivity contribution in [1.82, 2.24) is 0 Å². The average Bonchev–Trinajstić information content (AvgIpc) is 2.24. The summed E-state index contributed by atoms with van der Waals surface area (Å²) in [4.78, 5) is 0. The maximum atomic E-state index is 6.21. The van der Waals surface area contributed by atoms with Crippen LogP contribution in [-0.2, 0) is 0 Å². The molecule has 0 aliphatic carbocycles. The van der Waals surface area contributed by atoms with Crippen molar-refractivity contribution >= 4 is 51.7 Å². The Morgan fingerprint density at radius 3 is 2.19 bits per heavy atom. The fraction of sp³-hybridized carbons (Fsp3) is 0.455. The van der Waals surface area contributed by atoms with E-state index in [9.17, 15) is 0 Å². The smallest absolute Gasteiger partial charge is 0.121 e. The molecule has 0 N–H and O–H groups in total. The first-order chi connectivity index (χ1) is 7.55.